The maximum Gasteiger partial charge on any atom is 0.254 e. The predicted molar refractivity (Wildman–Crippen MR) is 119 cm³/mol. The van der Waals surface area contributed by atoms with Crippen molar-refractivity contribution in [3.05, 3.63) is 59.9 Å². The largest absolute Gasteiger partial charge is 0.333 e. The summed E-state index contributed by atoms with van der Waals surface area (Å²) in [4.78, 5) is 21.9. The maximum absolute atomic E-state index is 13.2. The van der Waals surface area contributed by atoms with Crippen molar-refractivity contribution in [2.24, 2.45) is 0 Å². The van der Waals surface area contributed by atoms with E-state index < -0.39 is 10.0 Å². The van der Waals surface area contributed by atoms with Gasteiger partial charge in [0.15, 0.2) is 0 Å². The molecular weight excluding hydrogens is 412 g/mol. The van der Waals surface area contributed by atoms with E-state index in [1.807, 2.05) is 30.0 Å². The fraction of sp³-hybridized carbons (Fsp3) is 0.478. The van der Waals surface area contributed by atoms with Gasteiger partial charge in [0, 0.05) is 50.0 Å². The molecule has 1 aliphatic heterocycles. The summed E-state index contributed by atoms with van der Waals surface area (Å²) < 4.78 is 28.3. The Hall–Kier alpha value is -2.29. The summed E-state index contributed by atoms with van der Waals surface area (Å²) >= 11 is 0. The summed E-state index contributed by atoms with van der Waals surface area (Å²) in [5.74, 6) is -0.122. The van der Waals surface area contributed by atoms with E-state index in [0.717, 1.165) is 51.0 Å². The first-order valence-electron chi connectivity index (χ1n) is 11.0. The molecule has 1 atom stereocenters. The predicted octanol–water partition coefficient (Wildman–Crippen LogP) is 2.65. The molecule has 2 aliphatic rings. The molecule has 4 rings (SSSR count). The molecule has 0 unspecified atom stereocenters. The Morgan fingerprint density at radius 3 is 2.65 bits per heavy atom. The van der Waals surface area contributed by atoms with E-state index in [2.05, 4.69) is 14.6 Å². The number of nitrogens with zero attached hydrogens (tertiary/aromatic N) is 3. The van der Waals surface area contributed by atoms with Crippen LogP contribution >= 0.6 is 0 Å². The molecule has 1 aromatic carbocycles. The molecule has 2 aromatic rings. The Labute approximate surface area is 184 Å². The minimum absolute atomic E-state index is 0.00318. The van der Waals surface area contributed by atoms with E-state index in [4.69, 9.17) is 0 Å². The summed E-state index contributed by atoms with van der Waals surface area (Å²) in [5.41, 5.74) is 1.43. The highest BCUT2D eigenvalue weighted by molar-refractivity contribution is 7.89. The van der Waals surface area contributed by atoms with Gasteiger partial charge in [-0.2, -0.15) is 0 Å². The lowest BCUT2D eigenvalue weighted by molar-refractivity contribution is 0.0473. The quantitative estimate of drug-likeness (QED) is 0.744. The summed E-state index contributed by atoms with van der Waals surface area (Å²) in [5, 5.41) is 0. The molecule has 0 spiro atoms. The fourth-order valence-corrected chi connectivity index (χ4v) is 5.84. The summed E-state index contributed by atoms with van der Waals surface area (Å²) in [7, 11) is -3.62. The SMILES string of the molecule is C[C@@H]1CN(Cc2ccccn2)CCN1C(=O)c1cccc(S(=O)(=O)NC2CCCC2)c1. The van der Waals surface area contributed by atoms with Crippen molar-refractivity contribution in [2.75, 3.05) is 19.6 Å². The van der Waals surface area contributed by atoms with Crippen LogP contribution in [0.4, 0.5) is 0 Å². The van der Waals surface area contributed by atoms with Crippen LogP contribution in [-0.2, 0) is 16.6 Å². The lowest BCUT2D eigenvalue weighted by Gasteiger charge is -2.39. The van der Waals surface area contributed by atoms with Crippen LogP contribution in [0.1, 0.15) is 48.7 Å². The molecule has 31 heavy (non-hydrogen) atoms. The van der Waals surface area contributed by atoms with Gasteiger partial charge in [-0.1, -0.05) is 25.0 Å². The fourth-order valence-electron chi connectivity index (χ4n) is 4.49. The first kappa shape index (κ1) is 21.9. The number of carbonyl (C=O) groups excluding carboxylic acids is 1. The Balaban J connectivity index is 1.42. The van der Waals surface area contributed by atoms with Crippen molar-refractivity contribution >= 4 is 15.9 Å². The summed E-state index contributed by atoms with van der Waals surface area (Å²) in [6.07, 6.45) is 5.64. The third-order valence-corrected chi connectivity index (χ3v) is 7.67. The Bertz CT molecular complexity index is 1010. The molecule has 1 saturated heterocycles. The summed E-state index contributed by atoms with van der Waals surface area (Å²) in [6.45, 7) is 4.90. The molecule has 0 bridgehead atoms. The molecule has 166 valence electrons. The number of benzene rings is 1. The van der Waals surface area contributed by atoms with Crippen LogP contribution in [0.3, 0.4) is 0 Å². The van der Waals surface area contributed by atoms with E-state index in [1.165, 1.54) is 6.07 Å². The highest BCUT2D eigenvalue weighted by Crippen LogP contribution is 2.22. The van der Waals surface area contributed by atoms with Crippen molar-refractivity contribution in [3.8, 4) is 0 Å². The zero-order valence-electron chi connectivity index (χ0n) is 17.9. The van der Waals surface area contributed by atoms with Crippen molar-refractivity contribution < 1.29 is 13.2 Å². The van der Waals surface area contributed by atoms with Crippen molar-refractivity contribution in [1.82, 2.24) is 19.5 Å². The molecule has 1 aromatic heterocycles. The molecular formula is C23H30N4O3S. The number of nitrogens with one attached hydrogen (secondary N) is 1. The van der Waals surface area contributed by atoms with Gasteiger partial charge < -0.3 is 4.90 Å². The molecule has 1 amide bonds. The van der Waals surface area contributed by atoms with Crippen molar-refractivity contribution in [2.45, 2.75) is 56.1 Å². The number of amides is 1. The van der Waals surface area contributed by atoms with E-state index in [1.54, 1.807) is 24.4 Å². The van der Waals surface area contributed by atoms with Crippen LogP contribution in [0.2, 0.25) is 0 Å². The lowest BCUT2D eigenvalue weighted by Crippen LogP contribution is -2.53. The van der Waals surface area contributed by atoms with Gasteiger partial charge in [-0.3, -0.25) is 14.7 Å². The van der Waals surface area contributed by atoms with Gasteiger partial charge in [0.1, 0.15) is 0 Å². The Morgan fingerprint density at radius 1 is 1.13 bits per heavy atom. The number of piperazine rings is 1. The molecule has 2 heterocycles. The topological polar surface area (TPSA) is 82.6 Å². The average molecular weight is 443 g/mol. The number of pyridine rings is 1. The number of carbonyl (C=O) groups is 1. The molecule has 0 radical (unpaired) electrons. The van der Waals surface area contributed by atoms with E-state index in [-0.39, 0.29) is 22.9 Å². The van der Waals surface area contributed by atoms with Crippen LogP contribution in [0.15, 0.2) is 53.6 Å². The van der Waals surface area contributed by atoms with Crippen LogP contribution < -0.4 is 4.72 Å². The standard InChI is InChI=1S/C23H30N4O3S/c1-18-16-26(17-21-10-4-5-12-24-21)13-14-27(18)23(28)19-7-6-11-22(15-19)31(29,30)25-20-8-2-3-9-20/h4-7,10-12,15,18,20,25H,2-3,8-9,13-14,16-17H2,1H3/t18-/m1/s1. The van der Waals surface area contributed by atoms with Crippen LogP contribution in [-0.4, -0.2) is 60.8 Å². The average Bonchev–Trinajstić information content (AvgIpc) is 3.27. The minimum atomic E-state index is -3.62. The third kappa shape index (κ3) is 5.31. The minimum Gasteiger partial charge on any atom is -0.333 e. The Kier molecular flexibility index (Phi) is 6.69. The molecule has 1 aliphatic carbocycles. The smallest absolute Gasteiger partial charge is 0.254 e. The summed E-state index contributed by atoms with van der Waals surface area (Å²) in [6, 6.07) is 12.3. The molecule has 1 N–H and O–H groups in total. The normalized spacial score (nSPS) is 20.8. The van der Waals surface area contributed by atoms with Gasteiger partial charge in [0.05, 0.1) is 10.6 Å². The number of rotatable bonds is 6. The van der Waals surface area contributed by atoms with Gasteiger partial charge in [-0.15, -0.1) is 0 Å². The zero-order chi connectivity index (χ0) is 21.8. The van der Waals surface area contributed by atoms with Crippen LogP contribution in [0.25, 0.3) is 0 Å². The highest BCUT2D eigenvalue weighted by Gasteiger charge is 2.29. The first-order valence-corrected chi connectivity index (χ1v) is 12.5. The second-order valence-corrected chi connectivity index (χ2v) is 10.2. The maximum atomic E-state index is 13.2. The Morgan fingerprint density at radius 2 is 1.94 bits per heavy atom. The number of hydrogen-bond acceptors (Lipinski definition) is 5. The van der Waals surface area contributed by atoms with Crippen LogP contribution in [0.5, 0.6) is 0 Å². The monoisotopic (exact) mass is 442 g/mol. The van der Waals surface area contributed by atoms with Crippen molar-refractivity contribution in [1.29, 1.82) is 0 Å². The molecule has 2 fully saturated rings. The number of hydrogen-bond donors (Lipinski definition) is 1. The van der Waals surface area contributed by atoms with Crippen molar-refractivity contribution in [3.63, 3.8) is 0 Å². The highest BCUT2D eigenvalue weighted by atomic mass is 32.2. The molecule has 7 nitrogen and oxygen atoms in total. The zero-order valence-corrected chi connectivity index (χ0v) is 18.7. The van der Waals surface area contributed by atoms with E-state index in [0.29, 0.717) is 12.1 Å². The lowest BCUT2D eigenvalue weighted by atomic mass is 10.1. The van der Waals surface area contributed by atoms with Crippen LogP contribution in [0, 0.1) is 0 Å². The van der Waals surface area contributed by atoms with Gasteiger partial charge in [0.2, 0.25) is 10.0 Å². The van der Waals surface area contributed by atoms with Gasteiger partial charge in [-0.25, -0.2) is 13.1 Å². The second kappa shape index (κ2) is 9.46. The van der Waals surface area contributed by atoms with Gasteiger partial charge in [-0.05, 0) is 50.1 Å². The first-order chi connectivity index (χ1) is 14.9. The molecule has 1 saturated carbocycles. The second-order valence-electron chi connectivity index (χ2n) is 8.53. The van der Waals surface area contributed by atoms with Gasteiger partial charge in [0.25, 0.3) is 5.91 Å². The van der Waals surface area contributed by atoms with E-state index >= 15 is 0 Å². The third-order valence-electron chi connectivity index (χ3n) is 6.15. The number of aromatic nitrogens is 1. The van der Waals surface area contributed by atoms with E-state index in [9.17, 15) is 13.2 Å². The number of sulfonamides is 1. The van der Waals surface area contributed by atoms with Gasteiger partial charge >= 0.3 is 0 Å². The molecule has 8 heteroatoms.